The van der Waals surface area contributed by atoms with Crippen molar-refractivity contribution in [2.75, 3.05) is 19.6 Å². The van der Waals surface area contributed by atoms with Gasteiger partial charge in [-0.1, -0.05) is 13.3 Å². The maximum atomic E-state index is 3.46. The van der Waals surface area contributed by atoms with E-state index >= 15 is 0 Å². The highest BCUT2D eigenvalue weighted by Crippen LogP contribution is 2.25. The molecular formula is C12H26Cl2N2. The zero-order valence-electron chi connectivity index (χ0n) is 10.3. The van der Waals surface area contributed by atoms with E-state index in [1.807, 2.05) is 0 Å². The van der Waals surface area contributed by atoms with E-state index in [9.17, 15) is 0 Å². The van der Waals surface area contributed by atoms with E-state index in [0.29, 0.717) is 0 Å². The lowest BCUT2D eigenvalue weighted by Gasteiger charge is -2.42. The molecule has 2 aliphatic heterocycles. The van der Waals surface area contributed by atoms with Crippen molar-refractivity contribution in [3.63, 3.8) is 0 Å². The molecule has 0 bridgehead atoms. The predicted octanol–water partition coefficient (Wildman–Crippen LogP) is 2.85. The average Bonchev–Trinajstić information content (AvgIpc) is 2.30. The largest absolute Gasteiger partial charge is 0.317 e. The highest BCUT2D eigenvalue weighted by atomic mass is 35.5. The van der Waals surface area contributed by atoms with E-state index in [1.165, 1.54) is 58.2 Å². The van der Waals surface area contributed by atoms with Crippen LogP contribution in [0.25, 0.3) is 0 Å². The van der Waals surface area contributed by atoms with E-state index in [2.05, 4.69) is 17.1 Å². The van der Waals surface area contributed by atoms with Crippen LogP contribution in [0.2, 0.25) is 0 Å². The summed E-state index contributed by atoms with van der Waals surface area (Å²) in [5, 5.41) is 3.46. The number of hydrogen-bond donors (Lipinski definition) is 1. The molecule has 2 aliphatic rings. The lowest BCUT2D eigenvalue weighted by Crippen LogP contribution is -2.49. The van der Waals surface area contributed by atoms with Crippen LogP contribution in [-0.4, -0.2) is 36.6 Å². The summed E-state index contributed by atoms with van der Waals surface area (Å²) in [4.78, 5) is 2.81. The average molecular weight is 269 g/mol. The zero-order chi connectivity index (χ0) is 9.80. The molecule has 1 atom stereocenters. The Kier molecular flexibility index (Phi) is 8.84. The highest BCUT2D eigenvalue weighted by Gasteiger charge is 2.28. The smallest absolute Gasteiger partial charge is 0.0122 e. The van der Waals surface area contributed by atoms with Gasteiger partial charge in [-0.2, -0.15) is 0 Å². The maximum Gasteiger partial charge on any atom is 0.0122 e. The fourth-order valence-electron chi connectivity index (χ4n) is 3.08. The van der Waals surface area contributed by atoms with Crippen LogP contribution in [0.4, 0.5) is 0 Å². The first kappa shape index (κ1) is 16.5. The molecule has 0 saturated carbocycles. The van der Waals surface area contributed by atoms with Crippen LogP contribution in [0.1, 0.15) is 45.4 Å². The molecule has 2 heterocycles. The third-order valence-electron chi connectivity index (χ3n) is 3.92. The summed E-state index contributed by atoms with van der Waals surface area (Å²) in [6.07, 6.45) is 8.43. The second-order valence-corrected chi connectivity index (χ2v) is 4.78. The predicted molar refractivity (Wildman–Crippen MR) is 75.0 cm³/mol. The normalized spacial score (nSPS) is 27.9. The van der Waals surface area contributed by atoms with Gasteiger partial charge in [-0.25, -0.2) is 0 Å². The molecule has 0 aromatic carbocycles. The summed E-state index contributed by atoms with van der Waals surface area (Å²) in [6, 6.07) is 1.79. The van der Waals surface area contributed by atoms with E-state index in [-0.39, 0.29) is 24.8 Å². The highest BCUT2D eigenvalue weighted by molar-refractivity contribution is 5.85. The van der Waals surface area contributed by atoms with Gasteiger partial charge >= 0.3 is 0 Å². The van der Waals surface area contributed by atoms with Gasteiger partial charge < -0.3 is 5.32 Å². The van der Waals surface area contributed by atoms with E-state index in [4.69, 9.17) is 0 Å². The minimum atomic E-state index is 0. The summed E-state index contributed by atoms with van der Waals surface area (Å²) < 4.78 is 0. The van der Waals surface area contributed by atoms with Gasteiger partial charge in [0, 0.05) is 12.1 Å². The lowest BCUT2D eigenvalue weighted by molar-refractivity contribution is 0.0741. The Balaban J connectivity index is 0.00000112. The molecule has 1 unspecified atom stereocenters. The topological polar surface area (TPSA) is 15.3 Å². The molecule has 2 saturated heterocycles. The number of piperidine rings is 2. The van der Waals surface area contributed by atoms with Crippen LogP contribution < -0.4 is 5.32 Å². The van der Waals surface area contributed by atoms with Crippen LogP contribution in [-0.2, 0) is 0 Å². The number of rotatable bonds is 2. The second kappa shape index (κ2) is 8.57. The molecule has 0 aromatic heterocycles. The Labute approximate surface area is 112 Å². The maximum absolute atomic E-state index is 3.46. The third kappa shape index (κ3) is 4.06. The molecule has 0 radical (unpaired) electrons. The Morgan fingerprint density at radius 2 is 1.75 bits per heavy atom. The first-order valence-electron chi connectivity index (χ1n) is 6.38. The minimum Gasteiger partial charge on any atom is -0.317 e. The summed E-state index contributed by atoms with van der Waals surface area (Å²) >= 11 is 0. The van der Waals surface area contributed by atoms with Crippen LogP contribution in [0, 0.1) is 0 Å². The van der Waals surface area contributed by atoms with Gasteiger partial charge in [-0.15, -0.1) is 24.8 Å². The summed E-state index contributed by atoms with van der Waals surface area (Å²) in [5.41, 5.74) is 0. The van der Waals surface area contributed by atoms with Crippen LogP contribution >= 0.6 is 24.8 Å². The molecule has 2 fully saturated rings. The van der Waals surface area contributed by atoms with Gasteiger partial charge in [0.1, 0.15) is 0 Å². The number of nitrogens with one attached hydrogen (secondary N) is 1. The lowest BCUT2D eigenvalue weighted by atomic mass is 9.94. The van der Waals surface area contributed by atoms with Crippen molar-refractivity contribution >= 4 is 24.8 Å². The van der Waals surface area contributed by atoms with Crippen LogP contribution in [0.15, 0.2) is 0 Å². The van der Waals surface area contributed by atoms with E-state index in [0.717, 1.165) is 12.1 Å². The number of nitrogens with zero attached hydrogens (tertiary/aromatic N) is 1. The molecule has 0 spiro atoms. The Morgan fingerprint density at radius 1 is 1.06 bits per heavy atom. The van der Waals surface area contributed by atoms with Crippen molar-refractivity contribution in [3.05, 3.63) is 0 Å². The molecule has 4 heteroatoms. The second-order valence-electron chi connectivity index (χ2n) is 4.78. The number of likely N-dealkylation sites (tertiary alicyclic amines) is 1. The first-order valence-corrected chi connectivity index (χ1v) is 6.38. The summed E-state index contributed by atoms with van der Waals surface area (Å²) in [5.74, 6) is 0. The third-order valence-corrected chi connectivity index (χ3v) is 3.92. The van der Waals surface area contributed by atoms with Gasteiger partial charge in [0.15, 0.2) is 0 Å². The Morgan fingerprint density at radius 3 is 2.38 bits per heavy atom. The molecule has 1 N–H and O–H groups in total. The summed E-state index contributed by atoms with van der Waals surface area (Å²) in [7, 11) is 0. The zero-order valence-corrected chi connectivity index (χ0v) is 11.9. The SMILES string of the molecule is CCC1CCCCN1C1CCNCC1.Cl.Cl. The van der Waals surface area contributed by atoms with Gasteiger partial charge in [0.05, 0.1) is 0 Å². The van der Waals surface area contributed by atoms with Crippen molar-refractivity contribution in [1.29, 1.82) is 0 Å². The molecule has 2 rings (SSSR count). The molecule has 0 aliphatic carbocycles. The fraction of sp³-hybridized carbons (Fsp3) is 1.00. The Bertz CT molecular complexity index is 172. The molecule has 98 valence electrons. The monoisotopic (exact) mass is 268 g/mol. The van der Waals surface area contributed by atoms with Gasteiger partial charge in [-0.3, -0.25) is 4.90 Å². The number of hydrogen-bond acceptors (Lipinski definition) is 2. The van der Waals surface area contributed by atoms with Crippen LogP contribution in [0.3, 0.4) is 0 Å². The van der Waals surface area contributed by atoms with Crippen molar-refractivity contribution in [3.8, 4) is 0 Å². The molecule has 0 aromatic rings. The standard InChI is InChI=1S/C12H24N2.2ClH/c1-2-11-5-3-4-10-14(11)12-6-8-13-9-7-12;;/h11-13H,2-10H2,1H3;2*1H. The van der Waals surface area contributed by atoms with Crippen LogP contribution in [0.5, 0.6) is 0 Å². The van der Waals surface area contributed by atoms with Crippen molar-refractivity contribution in [1.82, 2.24) is 10.2 Å². The summed E-state index contributed by atoms with van der Waals surface area (Å²) in [6.45, 7) is 6.18. The first-order chi connectivity index (χ1) is 6.92. The molecular weight excluding hydrogens is 243 g/mol. The van der Waals surface area contributed by atoms with Gasteiger partial charge in [-0.05, 0) is 51.7 Å². The van der Waals surface area contributed by atoms with Crippen molar-refractivity contribution in [2.24, 2.45) is 0 Å². The quantitative estimate of drug-likeness (QED) is 0.829. The van der Waals surface area contributed by atoms with Crippen molar-refractivity contribution < 1.29 is 0 Å². The van der Waals surface area contributed by atoms with Gasteiger partial charge in [0.2, 0.25) is 0 Å². The van der Waals surface area contributed by atoms with E-state index < -0.39 is 0 Å². The Hall–Kier alpha value is 0.500. The molecule has 16 heavy (non-hydrogen) atoms. The fourth-order valence-corrected chi connectivity index (χ4v) is 3.08. The van der Waals surface area contributed by atoms with E-state index in [1.54, 1.807) is 0 Å². The minimum absolute atomic E-state index is 0. The molecule has 0 amide bonds. The van der Waals surface area contributed by atoms with Crippen molar-refractivity contribution in [2.45, 2.75) is 57.5 Å². The van der Waals surface area contributed by atoms with Gasteiger partial charge in [0.25, 0.3) is 0 Å². The number of halogens is 2. The molecule has 2 nitrogen and oxygen atoms in total.